The van der Waals surface area contributed by atoms with Crippen molar-refractivity contribution in [1.29, 1.82) is 0 Å². The van der Waals surface area contributed by atoms with Crippen LogP contribution in [0, 0.1) is 5.92 Å². The van der Waals surface area contributed by atoms with Crippen LogP contribution in [-0.2, 0) is 4.79 Å². The van der Waals surface area contributed by atoms with E-state index in [2.05, 4.69) is 10.4 Å². The molecule has 0 aliphatic carbocycles. The van der Waals surface area contributed by atoms with Crippen molar-refractivity contribution in [2.75, 3.05) is 25.5 Å². The third-order valence-corrected chi connectivity index (χ3v) is 5.69. The highest BCUT2D eigenvalue weighted by atomic mass is 35.5. The molecular weight excluding hydrogens is 416 g/mol. The van der Waals surface area contributed by atoms with E-state index in [1.165, 1.54) is 7.11 Å². The number of hydrogen-bond acceptors (Lipinski definition) is 4. The number of carbonyl (C=O) groups excluding carboxylic acids is 2. The van der Waals surface area contributed by atoms with Crippen LogP contribution in [0.4, 0.5) is 5.69 Å². The SMILES string of the molecule is COc1ccc(Cl)cc1C(=O)N1CCC(C(=O)Nc2ccccc2-n2cccn2)CC1. The molecule has 0 atom stereocenters. The zero-order valence-electron chi connectivity index (χ0n) is 17.1. The molecule has 7 nitrogen and oxygen atoms in total. The van der Waals surface area contributed by atoms with Crippen molar-refractivity contribution in [1.82, 2.24) is 14.7 Å². The molecule has 1 N–H and O–H groups in total. The summed E-state index contributed by atoms with van der Waals surface area (Å²) in [5.74, 6) is 0.134. The minimum Gasteiger partial charge on any atom is -0.496 e. The normalized spacial score (nSPS) is 14.3. The Bertz CT molecular complexity index is 1080. The fourth-order valence-corrected chi connectivity index (χ4v) is 3.96. The van der Waals surface area contributed by atoms with Crippen LogP contribution in [0.15, 0.2) is 60.9 Å². The second-order valence-electron chi connectivity index (χ2n) is 7.37. The van der Waals surface area contributed by atoms with E-state index in [0.29, 0.717) is 48.0 Å². The van der Waals surface area contributed by atoms with Crippen molar-refractivity contribution < 1.29 is 14.3 Å². The number of benzene rings is 2. The Labute approximate surface area is 185 Å². The lowest BCUT2D eigenvalue weighted by Gasteiger charge is -2.31. The van der Waals surface area contributed by atoms with Crippen molar-refractivity contribution >= 4 is 29.1 Å². The Morgan fingerprint density at radius 1 is 1.13 bits per heavy atom. The molecule has 1 aliphatic rings. The summed E-state index contributed by atoms with van der Waals surface area (Å²) in [4.78, 5) is 27.6. The molecule has 31 heavy (non-hydrogen) atoms. The van der Waals surface area contributed by atoms with Crippen molar-refractivity contribution in [2.45, 2.75) is 12.8 Å². The van der Waals surface area contributed by atoms with E-state index in [-0.39, 0.29) is 17.7 Å². The third-order valence-electron chi connectivity index (χ3n) is 5.46. The van der Waals surface area contributed by atoms with Gasteiger partial charge < -0.3 is 15.0 Å². The Hall–Kier alpha value is -3.32. The third kappa shape index (κ3) is 4.56. The van der Waals surface area contributed by atoms with Gasteiger partial charge in [0.15, 0.2) is 0 Å². The van der Waals surface area contributed by atoms with Crippen molar-refractivity contribution in [3.63, 3.8) is 0 Å². The van der Waals surface area contributed by atoms with Crippen LogP contribution in [0.25, 0.3) is 5.69 Å². The molecule has 2 aromatic carbocycles. The molecule has 160 valence electrons. The molecule has 4 rings (SSSR count). The predicted molar refractivity (Wildman–Crippen MR) is 119 cm³/mol. The van der Waals surface area contributed by atoms with Crippen molar-refractivity contribution in [2.24, 2.45) is 5.92 Å². The minimum atomic E-state index is -0.170. The summed E-state index contributed by atoms with van der Waals surface area (Å²) in [6, 6.07) is 14.4. The quantitative estimate of drug-likeness (QED) is 0.652. The van der Waals surface area contributed by atoms with Crippen LogP contribution in [-0.4, -0.2) is 46.7 Å². The van der Waals surface area contributed by atoms with Crippen LogP contribution < -0.4 is 10.1 Å². The number of ether oxygens (including phenoxy) is 1. The molecule has 3 aromatic rings. The number of rotatable bonds is 5. The van der Waals surface area contributed by atoms with Crippen LogP contribution >= 0.6 is 11.6 Å². The maximum absolute atomic E-state index is 13.0. The van der Waals surface area contributed by atoms with Gasteiger partial charge in [-0.25, -0.2) is 4.68 Å². The average molecular weight is 439 g/mol. The number of halogens is 1. The monoisotopic (exact) mass is 438 g/mol. The number of hydrogen-bond donors (Lipinski definition) is 1. The first-order valence-electron chi connectivity index (χ1n) is 10.1. The van der Waals surface area contributed by atoms with Gasteiger partial charge in [0.1, 0.15) is 5.75 Å². The van der Waals surface area contributed by atoms with Gasteiger partial charge >= 0.3 is 0 Å². The molecule has 0 unspecified atom stereocenters. The highest BCUT2D eigenvalue weighted by Crippen LogP contribution is 2.27. The van der Waals surface area contributed by atoms with Gasteiger partial charge in [0.2, 0.25) is 5.91 Å². The smallest absolute Gasteiger partial charge is 0.257 e. The van der Waals surface area contributed by atoms with E-state index < -0.39 is 0 Å². The second-order valence-corrected chi connectivity index (χ2v) is 7.80. The van der Waals surface area contributed by atoms with Gasteiger partial charge in [-0.1, -0.05) is 23.7 Å². The van der Waals surface area contributed by atoms with Crippen molar-refractivity contribution in [3.8, 4) is 11.4 Å². The lowest BCUT2D eigenvalue weighted by molar-refractivity contribution is -0.121. The summed E-state index contributed by atoms with van der Waals surface area (Å²) < 4.78 is 7.02. The largest absolute Gasteiger partial charge is 0.496 e. The lowest BCUT2D eigenvalue weighted by Crippen LogP contribution is -2.41. The lowest BCUT2D eigenvalue weighted by atomic mass is 9.95. The maximum Gasteiger partial charge on any atom is 0.257 e. The number of anilines is 1. The summed E-state index contributed by atoms with van der Waals surface area (Å²) in [6.45, 7) is 0.987. The zero-order valence-corrected chi connectivity index (χ0v) is 17.9. The number of aromatic nitrogens is 2. The molecule has 1 aromatic heterocycles. The predicted octanol–water partition coefficient (Wildman–Crippen LogP) is 4.03. The van der Waals surface area contributed by atoms with Gasteiger partial charge in [0.05, 0.1) is 24.0 Å². The number of piperidine rings is 1. The van der Waals surface area contributed by atoms with Gasteiger partial charge in [0, 0.05) is 36.4 Å². The number of carbonyl (C=O) groups is 2. The van der Waals surface area contributed by atoms with Crippen LogP contribution in [0.3, 0.4) is 0 Å². The van der Waals surface area contributed by atoms with Crippen LogP contribution in [0.2, 0.25) is 5.02 Å². The number of likely N-dealkylation sites (tertiary alicyclic amines) is 1. The molecule has 1 fully saturated rings. The zero-order chi connectivity index (χ0) is 21.8. The maximum atomic E-state index is 13.0. The summed E-state index contributed by atoms with van der Waals surface area (Å²) in [5, 5.41) is 7.76. The number of para-hydroxylation sites is 2. The van der Waals surface area contributed by atoms with Gasteiger partial charge in [-0.3, -0.25) is 9.59 Å². The number of methoxy groups -OCH3 is 1. The van der Waals surface area contributed by atoms with Gasteiger partial charge in [-0.2, -0.15) is 5.10 Å². The first kappa shape index (κ1) is 20.9. The molecule has 2 amide bonds. The van der Waals surface area contributed by atoms with E-state index in [1.807, 2.05) is 36.5 Å². The summed E-state index contributed by atoms with van der Waals surface area (Å²) in [6.07, 6.45) is 4.70. The first-order chi connectivity index (χ1) is 15.1. The van der Waals surface area contributed by atoms with Crippen molar-refractivity contribution in [3.05, 3.63) is 71.5 Å². The Morgan fingerprint density at radius 2 is 1.90 bits per heavy atom. The topological polar surface area (TPSA) is 76.5 Å². The molecule has 0 radical (unpaired) electrons. The minimum absolute atomic E-state index is 0.0490. The molecule has 1 saturated heterocycles. The fraction of sp³-hybridized carbons (Fsp3) is 0.261. The number of nitrogens with one attached hydrogen (secondary N) is 1. The Kier molecular flexibility index (Phi) is 6.23. The van der Waals surface area contributed by atoms with E-state index >= 15 is 0 Å². The first-order valence-corrected chi connectivity index (χ1v) is 10.5. The number of amides is 2. The number of nitrogens with zero attached hydrogens (tertiary/aromatic N) is 3. The molecule has 0 spiro atoms. The molecule has 8 heteroatoms. The van der Waals surface area contributed by atoms with Gasteiger partial charge in [0.25, 0.3) is 5.91 Å². The summed E-state index contributed by atoms with van der Waals surface area (Å²) in [5.41, 5.74) is 1.95. The second kappa shape index (κ2) is 9.22. The highest BCUT2D eigenvalue weighted by molar-refractivity contribution is 6.31. The Morgan fingerprint density at radius 3 is 2.61 bits per heavy atom. The van der Waals surface area contributed by atoms with E-state index in [0.717, 1.165) is 5.69 Å². The molecular formula is C23H23ClN4O3. The molecule has 2 heterocycles. The van der Waals surface area contributed by atoms with E-state index in [4.69, 9.17) is 16.3 Å². The van der Waals surface area contributed by atoms with E-state index in [1.54, 1.807) is 34.0 Å². The Balaban J connectivity index is 1.40. The van der Waals surface area contributed by atoms with Crippen LogP contribution in [0.1, 0.15) is 23.2 Å². The fourth-order valence-electron chi connectivity index (χ4n) is 3.79. The van der Waals surface area contributed by atoms with Crippen LogP contribution in [0.5, 0.6) is 5.75 Å². The van der Waals surface area contributed by atoms with E-state index in [9.17, 15) is 9.59 Å². The standard InChI is InChI=1S/C23H23ClN4O3/c1-31-21-8-7-17(24)15-18(21)23(30)27-13-9-16(10-14-27)22(29)26-19-5-2-3-6-20(19)28-12-4-11-25-28/h2-8,11-12,15-16H,9-10,13-14H2,1H3,(H,26,29). The molecule has 0 bridgehead atoms. The highest BCUT2D eigenvalue weighted by Gasteiger charge is 2.29. The average Bonchev–Trinajstić information content (AvgIpc) is 3.34. The summed E-state index contributed by atoms with van der Waals surface area (Å²) in [7, 11) is 1.53. The molecule has 0 saturated carbocycles. The van der Waals surface area contributed by atoms with Gasteiger partial charge in [-0.05, 0) is 49.2 Å². The summed E-state index contributed by atoms with van der Waals surface area (Å²) >= 11 is 6.06. The van der Waals surface area contributed by atoms with Gasteiger partial charge in [-0.15, -0.1) is 0 Å². The molecule has 1 aliphatic heterocycles.